The number of carbonyl (C=O) groups excluding carboxylic acids is 7. The molecule has 4 aliphatic rings. The fourth-order valence-electron chi connectivity index (χ4n) is 10.9. The van der Waals surface area contributed by atoms with Crippen LogP contribution in [0.15, 0.2) is 90.7 Å². The quantitative estimate of drug-likeness (QED) is 0.0178. The Balaban J connectivity index is 0.633. The summed E-state index contributed by atoms with van der Waals surface area (Å²) < 4.78 is 110. The van der Waals surface area contributed by atoms with Gasteiger partial charge in [0.15, 0.2) is 35.4 Å². The summed E-state index contributed by atoms with van der Waals surface area (Å²) in [6.45, 7) is 2.12. The molecule has 7 N–H and O–H groups in total. The first kappa shape index (κ1) is 77.0. The van der Waals surface area contributed by atoms with Crippen LogP contribution in [0.5, 0.6) is 0 Å². The molecule has 10 atom stereocenters. The van der Waals surface area contributed by atoms with Gasteiger partial charge in [-0.05, 0) is 54.0 Å². The largest absolute Gasteiger partial charge is 0.445 e. The molecule has 4 aliphatic heterocycles. The molecule has 10 rings (SSSR count). The number of ether oxygens (including phenoxy) is 8. The Hall–Kier alpha value is -8.58. The predicted molar refractivity (Wildman–Crippen MR) is 360 cm³/mol. The Morgan fingerprint density at radius 2 is 1.47 bits per heavy atom. The van der Waals surface area contributed by atoms with E-state index in [2.05, 4.69) is 55.9 Å². The van der Waals surface area contributed by atoms with Crippen molar-refractivity contribution in [3.05, 3.63) is 113 Å². The lowest BCUT2D eigenvalue weighted by Gasteiger charge is -2.26. The average molecular weight is 1500 g/mol. The molecular weight excluding hydrogens is 1420 g/mol. The van der Waals surface area contributed by atoms with Crippen molar-refractivity contribution >= 4 is 104 Å². The minimum atomic E-state index is -4.75. The monoisotopic (exact) mass is 1500 g/mol. The van der Waals surface area contributed by atoms with Gasteiger partial charge in [0.1, 0.15) is 48.8 Å². The number of benzene rings is 2. The number of amides is 7. The lowest BCUT2D eigenvalue weighted by Crippen LogP contribution is -2.53. The molecule has 2 bridgehead atoms. The Morgan fingerprint density at radius 3 is 2.17 bits per heavy atom. The zero-order valence-corrected chi connectivity index (χ0v) is 58.6. The lowest BCUT2D eigenvalue weighted by atomic mass is 10.0. The molecule has 6 aromatic rings. The number of rotatable bonds is 32. The second-order valence-electron chi connectivity index (χ2n) is 24.0. The van der Waals surface area contributed by atoms with Crippen LogP contribution >= 0.6 is 6.72 Å². The van der Waals surface area contributed by atoms with E-state index in [9.17, 15) is 51.7 Å². The first-order chi connectivity index (χ1) is 49.4. The summed E-state index contributed by atoms with van der Waals surface area (Å²) in [6, 6.07) is 10.7. The molecule has 2 aromatic carbocycles. The van der Waals surface area contributed by atoms with Crippen molar-refractivity contribution in [2.45, 2.75) is 102 Å². The van der Waals surface area contributed by atoms with Crippen molar-refractivity contribution in [2.24, 2.45) is 5.92 Å². The third kappa shape index (κ3) is 20.9. The number of alkyl halides is 1. The topological polar surface area (TPSA) is 449 Å². The van der Waals surface area contributed by atoms with Gasteiger partial charge in [-0.15, -0.1) is 0 Å². The highest BCUT2D eigenvalue weighted by Gasteiger charge is 2.51. The van der Waals surface area contributed by atoms with Gasteiger partial charge in [-0.25, -0.2) is 33.3 Å². The van der Waals surface area contributed by atoms with Gasteiger partial charge in [-0.2, -0.15) is 18.1 Å². The molecule has 0 saturated carbocycles. The number of hydrogen-bond acceptors (Lipinski definition) is 27. The predicted octanol–water partition coefficient (Wildman–Crippen LogP) is 1.34. The van der Waals surface area contributed by atoms with Crippen molar-refractivity contribution < 1.29 is 102 Å². The van der Waals surface area contributed by atoms with Crippen LogP contribution in [0.3, 0.4) is 0 Å². The number of hydrogen-bond donors (Lipinski definition) is 7. The van der Waals surface area contributed by atoms with Crippen LogP contribution in [0.2, 0.25) is 0 Å². The molecule has 41 heteroatoms. The molecular formula is C62H77FN15O22PS2. The Bertz CT molecular complexity index is 4250. The van der Waals surface area contributed by atoms with Crippen molar-refractivity contribution in [1.29, 1.82) is 0 Å². The normalized spacial score (nSPS) is 22.4. The first-order valence-corrected chi connectivity index (χ1v) is 36.5. The number of nitrogens with one attached hydrogen (secondary N) is 6. The number of nitrogens with zero attached hydrogens (tertiary/aromatic N) is 9. The molecule has 0 aliphatic carbocycles. The zero-order valence-electron chi connectivity index (χ0n) is 56.1. The molecule has 103 heavy (non-hydrogen) atoms. The van der Waals surface area contributed by atoms with Gasteiger partial charge >= 0.3 is 23.1 Å². The van der Waals surface area contributed by atoms with Crippen LogP contribution in [0.1, 0.15) is 67.6 Å². The van der Waals surface area contributed by atoms with E-state index >= 15 is 4.39 Å². The molecule has 8 heterocycles. The summed E-state index contributed by atoms with van der Waals surface area (Å²) in [5.74, 6) is -3.70. The van der Waals surface area contributed by atoms with Gasteiger partial charge < -0.3 is 68.2 Å². The molecule has 3 saturated heterocycles. The van der Waals surface area contributed by atoms with E-state index in [0.29, 0.717) is 62.0 Å². The number of aromatic amines is 1. The number of aromatic nitrogens is 8. The standard InChI is InChI=1S/C62H77FN15O22PS2/c1-36(2)50(71-46(79)15-17-90-19-21-92-23-25-94-26-24-93-22-20-91-18-16-76-47(80)13-14-48(76)81)57(84)69-37(3)55(82)70-40-11-9-38(10-12-40)31-95-62(86)75(4)30-39-7-5-6-8-42(39)56(83)73-61-72-54-51(58(85)74-61)67-35-78(54)59-44-27-41(97-59)32-96-101(87,102)99-52-45(29-68-103(88,89)100-44)98-60(49(52)63)77-34-66-43-28-64-33-65-53(43)77/h5-14,28,33-37,41,44-45,49-50,52,59-60,68H,15-27,29-32H2,1-4H3,(H,69,84)(H,70,82)(H,71,79)(H,87,102)(H2,72,73,74,83,85)/t37-,41-,44+,45+,49+,50-,52+,59+,60+,101?/m0/s1. The van der Waals surface area contributed by atoms with Crippen LogP contribution in [0, 0.1) is 5.92 Å². The van der Waals surface area contributed by atoms with Crippen molar-refractivity contribution in [3.8, 4) is 0 Å². The van der Waals surface area contributed by atoms with Crippen LogP contribution in [0.25, 0.3) is 22.3 Å². The zero-order chi connectivity index (χ0) is 73.4. The fourth-order valence-corrected chi connectivity index (χ4v) is 13.3. The average Bonchev–Trinajstić information content (AvgIpc) is 1.62. The van der Waals surface area contributed by atoms with Crippen molar-refractivity contribution in [3.63, 3.8) is 0 Å². The number of anilines is 2. The maximum Gasteiger partial charge on any atom is 0.410 e. The summed E-state index contributed by atoms with van der Waals surface area (Å²) >= 11 is 5.29. The van der Waals surface area contributed by atoms with E-state index in [-0.39, 0.29) is 105 Å². The molecule has 3 fully saturated rings. The smallest absolute Gasteiger partial charge is 0.410 e. The van der Waals surface area contributed by atoms with E-state index in [1.54, 1.807) is 56.3 Å². The molecule has 556 valence electrons. The van der Waals surface area contributed by atoms with E-state index in [1.165, 1.54) is 65.1 Å². The van der Waals surface area contributed by atoms with Crippen molar-refractivity contribution in [2.75, 3.05) is 103 Å². The van der Waals surface area contributed by atoms with E-state index in [0.717, 1.165) is 11.2 Å². The summed E-state index contributed by atoms with van der Waals surface area (Å²) in [4.78, 5) is 140. The Morgan fingerprint density at radius 1 is 0.806 bits per heavy atom. The Kier molecular flexibility index (Phi) is 26.7. The second kappa shape index (κ2) is 35.7. The maximum atomic E-state index is 16.3. The number of imidazole rings is 2. The summed E-state index contributed by atoms with van der Waals surface area (Å²) in [6.07, 6.45) is -3.93. The van der Waals surface area contributed by atoms with Gasteiger partial charge in [0.05, 0.1) is 104 Å². The lowest BCUT2D eigenvalue weighted by molar-refractivity contribution is -0.137. The third-order valence-electron chi connectivity index (χ3n) is 16.2. The molecule has 7 amide bonds. The highest BCUT2D eigenvalue weighted by Crippen LogP contribution is 2.51. The van der Waals surface area contributed by atoms with Crippen LogP contribution in [0.4, 0.5) is 20.8 Å². The number of carbonyl (C=O) groups is 7. The number of imide groups is 1. The van der Waals surface area contributed by atoms with Crippen LogP contribution in [-0.4, -0.2) is 239 Å². The highest BCUT2D eigenvalue weighted by atomic mass is 32.5. The maximum absolute atomic E-state index is 16.3. The van der Waals surface area contributed by atoms with Crippen LogP contribution < -0.4 is 31.5 Å². The van der Waals surface area contributed by atoms with Gasteiger partial charge in [0.2, 0.25) is 23.7 Å². The molecule has 0 spiro atoms. The molecule has 0 radical (unpaired) electrons. The summed E-state index contributed by atoms with van der Waals surface area (Å²) in [7, 11) is -3.29. The fraction of sp³-hybridized carbons (Fsp3) is 0.500. The van der Waals surface area contributed by atoms with Gasteiger partial charge in [0, 0.05) is 56.4 Å². The van der Waals surface area contributed by atoms with Crippen LogP contribution in [-0.2, 0) is 110 Å². The first-order valence-electron chi connectivity index (χ1n) is 32.5. The number of H-pyrrole nitrogens is 1. The van der Waals surface area contributed by atoms with E-state index in [4.69, 9.17) is 62.9 Å². The van der Waals surface area contributed by atoms with Gasteiger partial charge in [-0.1, -0.05) is 44.2 Å². The third-order valence-corrected chi connectivity index (χ3v) is 18.7. The highest BCUT2D eigenvalue weighted by molar-refractivity contribution is 8.07. The SMILES string of the molecule is CC(C)[C@H](NC(=O)CCOCCOCCOCCOCCOCCN1C(=O)C=CC1=O)C(=O)N[C@@H](C)C(=O)Nc1ccc(COC(=O)N(C)Cc2ccccc2C(=O)Nc2nc3c(ncn3[C@@H]3O[C@@H]4COP(O)(=S)O[C@H]5[C@@H](F)[C@H](n6cnc7cncnc76)O[C@@H]5CNS(=O)(=O)O[C@@H]3C4)c(=O)[nH]2)cc1. The van der Waals surface area contributed by atoms with Crippen molar-refractivity contribution in [1.82, 2.24) is 64.2 Å². The molecule has 37 nitrogen and oxygen atoms in total. The minimum absolute atomic E-state index is 0.0291. The second-order valence-corrected chi connectivity index (χ2v) is 28.2. The van der Waals surface area contributed by atoms with E-state index in [1.807, 2.05) is 0 Å². The van der Waals surface area contributed by atoms with Gasteiger partial charge in [0.25, 0.3) is 23.3 Å². The summed E-state index contributed by atoms with van der Waals surface area (Å²) in [5, 5.41) is 10.7. The molecule has 1 unspecified atom stereocenters. The Labute approximate surface area is 592 Å². The minimum Gasteiger partial charge on any atom is -0.445 e. The van der Waals surface area contributed by atoms with Gasteiger partial charge in [-0.3, -0.25) is 62.4 Å². The van der Waals surface area contributed by atoms with E-state index < -0.39 is 121 Å². The molecule has 4 aromatic heterocycles. The number of fused-ring (bicyclic) bond motifs is 5. The summed E-state index contributed by atoms with van der Waals surface area (Å²) in [5.41, 5.74) is 0.638. The number of halogens is 1.